The molecule has 20 nitrogen and oxygen atoms in total. The summed E-state index contributed by atoms with van der Waals surface area (Å²) in [6.07, 6.45) is 42.2. The van der Waals surface area contributed by atoms with Crippen LogP contribution in [-0.2, 0) is 66.3 Å². The number of unbranched alkanes of at least 4 members (excludes halogenated alkanes) is 43. The van der Waals surface area contributed by atoms with Crippen LogP contribution in [0.4, 0.5) is 0 Å². The molecule has 1 fully saturated rings. The Morgan fingerprint density at radius 3 is 1.13 bits per heavy atom. The molecule has 0 saturated carbocycles. The molecule has 1 aliphatic heterocycles. The van der Waals surface area contributed by atoms with Crippen LogP contribution in [0.25, 0.3) is 0 Å². The van der Waals surface area contributed by atoms with Gasteiger partial charge in [0.25, 0.3) is 0 Å². The first-order valence-electron chi connectivity index (χ1n) is 42.1. The number of phosphoric ester groups is 1. The summed E-state index contributed by atoms with van der Waals surface area (Å²) in [7, 11) is -5.51. The molecule has 102 heavy (non-hydrogen) atoms. The van der Waals surface area contributed by atoms with Crippen LogP contribution >= 0.6 is 7.82 Å². The molecule has 600 valence electrons. The van der Waals surface area contributed by atoms with Crippen LogP contribution in [-0.4, -0.2) is 131 Å². The summed E-state index contributed by atoms with van der Waals surface area (Å²) in [6.45, 7) is 11.7. The smallest absolute Gasteiger partial charge is 0.470 e. The number of hydrogen-bond acceptors (Lipinski definition) is 15. The molecule has 9 atom stereocenters. The lowest BCUT2D eigenvalue weighted by molar-refractivity contribution is -0.272. The van der Waals surface area contributed by atoms with Crippen LogP contribution in [0.2, 0.25) is 0 Å². The van der Waals surface area contributed by atoms with Crippen molar-refractivity contribution in [2.45, 2.75) is 463 Å². The van der Waals surface area contributed by atoms with E-state index < -0.39 is 112 Å². The van der Waals surface area contributed by atoms with E-state index in [9.17, 15) is 53.3 Å². The third-order valence-corrected chi connectivity index (χ3v) is 20.3. The molecule has 21 heteroatoms. The Bertz CT molecular complexity index is 2060. The minimum atomic E-state index is -5.51. The Balaban J connectivity index is 3.81. The van der Waals surface area contributed by atoms with Crippen molar-refractivity contribution in [3.05, 3.63) is 0 Å². The summed E-state index contributed by atoms with van der Waals surface area (Å²) in [4.78, 5) is 105. The Kier molecular flexibility index (Phi) is 63.7. The van der Waals surface area contributed by atoms with Crippen molar-refractivity contribution in [3.8, 4) is 0 Å². The fraction of sp³-hybridized carbons (Fsp3) is 0.926. The molecule has 0 aromatic rings. The molecule has 1 rings (SSSR count). The highest BCUT2D eigenvalue weighted by Gasteiger charge is 2.52. The number of carboxylic acid groups (broad SMARTS) is 1. The molecule has 6 N–H and O–H groups in total. The van der Waals surface area contributed by atoms with Crippen LogP contribution in [0.15, 0.2) is 0 Å². The zero-order valence-corrected chi connectivity index (χ0v) is 66.5. The molecule has 0 aromatic carbocycles. The van der Waals surface area contributed by atoms with Gasteiger partial charge >= 0.3 is 31.7 Å². The second-order valence-corrected chi connectivity index (χ2v) is 30.7. The topological polar surface area (TPSA) is 289 Å². The van der Waals surface area contributed by atoms with Crippen molar-refractivity contribution >= 4 is 43.5 Å². The molecule has 0 spiro atoms. The molecule has 1 heterocycles. The van der Waals surface area contributed by atoms with E-state index in [1.54, 1.807) is 0 Å². The van der Waals surface area contributed by atoms with Crippen molar-refractivity contribution in [1.29, 1.82) is 0 Å². The zero-order valence-electron chi connectivity index (χ0n) is 65.6. The quantitative estimate of drug-likeness (QED) is 0.0143. The van der Waals surface area contributed by atoms with Gasteiger partial charge in [0.2, 0.25) is 11.8 Å². The van der Waals surface area contributed by atoms with E-state index in [0.29, 0.717) is 51.6 Å². The highest BCUT2D eigenvalue weighted by molar-refractivity contribution is 7.46. The number of aliphatic hydroxyl groups is 1. The molecule has 2 amide bonds. The number of ether oxygens (including phenoxy) is 6. The van der Waals surface area contributed by atoms with E-state index in [-0.39, 0.29) is 32.1 Å². The molecular formula is C81H153N2O18P. The molecule has 0 unspecified atom stereocenters. The highest BCUT2D eigenvalue weighted by Crippen LogP contribution is 2.42. The predicted molar refractivity (Wildman–Crippen MR) is 407 cm³/mol. The number of carbonyl (C=O) groups excluding carboxylic acids is 5. The van der Waals surface area contributed by atoms with Gasteiger partial charge < -0.3 is 59.1 Å². The second-order valence-electron chi connectivity index (χ2n) is 29.5. The summed E-state index contributed by atoms with van der Waals surface area (Å²) in [6, 6.07) is -3.49. The SMILES string of the molecule is CCCCCCCCCCC[C@H](CC(=O)O[C@@H]1[C@@H](NC(=O)C[C@@H](CCCCCCCCCCC)OC(=O)CCCCCCCCC)[C@H](OC[C@@H](NC(=O)C[C@@H](CCCCCCCCCCC)OC(=O)CCCCCCCCC)C(=O)O)O[C@H](CO)[C@H]1OP(=O)(O)O)OCCCCCCCCCC. The first-order valence-corrected chi connectivity index (χ1v) is 43.6. The zero-order chi connectivity index (χ0) is 75.0. The van der Waals surface area contributed by atoms with E-state index in [0.717, 1.165) is 193 Å². The third kappa shape index (κ3) is 55.2. The van der Waals surface area contributed by atoms with Gasteiger partial charge in [-0.1, -0.05) is 324 Å². The van der Waals surface area contributed by atoms with Crippen molar-refractivity contribution in [3.63, 3.8) is 0 Å². The van der Waals surface area contributed by atoms with Gasteiger partial charge in [0.1, 0.15) is 30.5 Å². The third-order valence-electron chi connectivity index (χ3n) is 19.8. The number of amides is 2. The maximum absolute atomic E-state index is 14.8. The van der Waals surface area contributed by atoms with Gasteiger partial charge in [-0.3, -0.25) is 28.5 Å². The maximum Gasteiger partial charge on any atom is 0.470 e. The fourth-order valence-corrected chi connectivity index (χ4v) is 14.1. The largest absolute Gasteiger partial charge is 0.480 e. The lowest BCUT2D eigenvalue weighted by atomic mass is 9.95. The fourth-order valence-electron chi connectivity index (χ4n) is 13.6. The normalized spacial score (nSPS) is 17.4. The van der Waals surface area contributed by atoms with E-state index >= 15 is 0 Å². The van der Waals surface area contributed by atoms with E-state index in [4.69, 9.17) is 32.9 Å². The number of rotatable bonds is 74. The molecule has 0 aromatic heterocycles. The Labute approximate surface area is 620 Å². The van der Waals surface area contributed by atoms with Gasteiger partial charge in [0.05, 0.1) is 38.6 Å². The molecule has 1 saturated heterocycles. The predicted octanol–water partition coefficient (Wildman–Crippen LogP) is 19.7. The molecular weight excluding hydrogens is 1320 g/mol. The van der Waals surface area contributed by atoms with E-state index in [1.165, 1.54) is 96.3 Å². The minimum absolute atomic E-state index is 0.159. The van der Waals surface area contributed by atoms with Crippen molar-refractivity contribution in [2.24, 2.45) is 0 Å². The standard InChI is InChI=1S/C81H153N2O18P/c1-7-13-19-25-31-35-40-44-50-56-67(95-61-55-49-43-34-28-22-16-10-4)64-76(89)100-79-77(83-73(86)63-69(58-52-46-42-37-33-27-21-15-9-3)98-75(88)60-54-48-39-30-24-18-12-6)81(99-71(65-84)78(79)101-102(92,93)94)96-66-70(80(90)91)82-72(85)62-68(57-51-45-41-36-32-26-20-14-8-2)97-74(87)59-53-47-38-29-23-17-11-5/h67-71,77-79,81,84H,7-66H2,1-6H3,(H,82,85)(H,83,86)(H,90,91)(H2,92,93,94)/t67-,68-,69-,70-,71-,77-,78-,79-,81-/m1/s1. The number of esters is 3. The van der Waals surface area contributed by atoms with Gasteiger partial charge in [-0.2, -0.15) is 0 Å². The van der Waals surface area contributed by atoms with Crippen LogP contribution in [0, 0.1) is 0 Å². The second kappa shape index (κ2) is 67.1. The molecule has 0 bridgehead atoms. The van der Waals surface area contributed by atoms with Crippen LogP contribution < -0.4 is 10.6 Å². The van der Waals surface area contributed by atoms with Gasteiger partial charge in [-0.25, -0.2) is 9.36 Å². The Morgan fingerprint density at radius 2 is 0.765 bits per heavy atom. The van der Waals surface area contributed by atoms with Gasteiger partial charge in [0, 0.05) is 19.4 Å². The molecule has 1 aliphatic rings. The lowest BCUT2D eigenvalue weighted by Gasteiger charge is -2.45. The van der Waals surface area contributed by atoms with E-state index in [2.05, 4.69) is 52.2 Å². The number of hydrogen-bond donors (Lipinski definition) is 6. The van der Waals surface area contributed by atoms with Gasteiger partial charge in [0.15, 0.2) is 18.4 Å². The number of aliphatic hydroxyl groups excluding tert-OH is 1. The average molecular weight is 1470 g/mol. The Morgan fingerprint density at radius 1 is 0.422 bits per heavy atom. The van der Waals surface area contributed by atoms with Crippen molar-refractivity contribution < 1.29 is 86.3 Å². The van der Waals surface area contributed by atoms with Gasteiger partial charge in [-0.15, -0.1) is 0 Å². The van der Waals surface area contributed by atoms with Crippen molar-refractivity contribution in [2.75, 3.05) is 19.8 Å². The average Bonchev–Trinajstić information content (AvgIpc) is 0.781. The summed E-state index contributed by atoms with van der Waals surface area (Å²) >= 11 is 0. The first kappa shape index (κ1) is 96.8. The van der Waals surface area contributed by atoms with Crippen LogP contribution in [0.5, 0.6) is 0 Å². The lowest BCUT2D eigenvalue weighted by Crippen LogP contribution is -2.66. The van der Waals surface area contributed by atoms with E-state index in [1.807, 2.05) is 0 Å². The number of carboxylic acids is 1. The Hall–Kier alpha value is -3.23. The van der Waals surface area contributed by atoms with Crippen molar-refractivity contribution in [1.82, 2.24) is 10.6 Å². The molecule has 0 aliphatic carbocycles. The first-order chi connectivity index (χ1) is 49.4. The van der Waals surface area contributed by atoms with Gasteiger partial charge in [-0.05, 0) is 51.4 Å². The maximum atomic E-state index is 14.8. The molecule has 0 radical (unpaired) electrons. The van der Waals surface area contributed by atoms with Crippen LogP contribution in [0.3, 0.4) is 0 Å². The number of nitrogens with one attached hydrogen (secondary N) is 2. The number of aliphatic carboxylic acids is 1. The number of phosphoric acid groups is 1. The van der Waals surface area contributed by atoms with Crippen LogP contribution in [0.1, 0.15) is 408 Å². The summed E-state index contributed by atoms with van der Waals surface area (Å²) in [5.74, 6) is -4.75. The highest BCUT2D eigenvalue weighted by atomic mass is 31.2. The summed E-state index contributed by atoms with van der Waals surface area (Å²) < 4.78 is 55.5. The summed E-state index contributed by atoms with van der Waals surface area (Å²) in [5, 5.41) is 27.0. The summed E-state index contributed by atoms with van der Waals surface area (Å²) in [5.41, 5.74) is 0. The monoisotopic (exact) mass is 1470 g/mol. The number of carbonyl (C=O) groups is 6. The minimum Gasteiger partial charge on any atom is -0.480 e.